The molecular formula is C20H17N3O3. The largest absolute Gasteiger partial charge is 0.464 e. The number of nitrogens with zero attached hydrogens (tertiary/aromatic N) is 3. The minimum atomic E-state index is -0.574. The lowest BCUT2D eigenvalue weighted by Crippen LogP contribution is -2.30. The van der Waals surface area contributed by atoms with Gasteiger partial charge in [0.2, 0.25) is 0 Å². The number of para-hydroxylation sites is 2. The first kappa shape index (κ1) is 16.1. The van der Waals surface area contributed by atoms with Crippen molar-refractivity contribution in [2.75, 3.05) is 18.6 Å². The summed E-state index contributed by atoms with van der Waals surface area (Å²) < 4.78 is 6.26. The predicted molar refractivity (Wildman–Crippen MR) is 96.7 cm³/mol. The second-order valence-corrected chi connectivity index (χ2v) is 5.99. The molecular weight excluding hydrogens is 330 g/mol. The number of carbonyl (C=O) groups is 2. The van der Waals surface area contributed by atoms with E-state index in [-0.39, 0.29) is 11.6 Å². The van der Waals surface area contributed by atoms with Gasteiger partial charge in [-0.05, 0) is 30.2 Å². The van der Waals surface area contributed by atoms with E-state index >= 15 is 0 Å². The van der Waals surface area contributed by atoms with Gasteiger partial charge in [0, 0.05) is 18.3 Å². The molecule has 0 fully saturated rings. The van der Waals surface area contributed by atoms with Crippen molar-refractivity contribution in [3.8, 4) is 5.69 Å². The van der Waals surface area contributed by atoms with Crippen molar-refractivity contribution in [2.45, 2.75) is 6.42 Å². The van der Waals surface area contributed by atoms with E-state index in [1.807, 2.05) is 54.6 Å². The maximum Gasteiger partial charge on any atom is 0.358 e. The van der Waals surface area contributed by atoms with Crippen molar-refractivity contribution in [1.82, 2.24) is 9.78 Å². The Kier molecular flexibility index (Phi) is 4.01. The van der Waals surface area contributed by atoms with E-state index in [1.165, 1.54) is 17.9 Å². The molecule has 1 aromatic heterocycles. The topological polar surface area (TPSA) is 64.4 Å². The summed E-state index contributed by atoms with van der Waals surface area (Å²) in [5, 5.41) is 4.29. The molecule has 0 unspecified atom stereocenters. The Morgan fingerprint density at radius 2 is 1.77 bits per heavy atom. The van der Waals surface area contributed by atoms with E-state index in [2.05, 4.69) is 5.10 Å². The standard InChI is InChI=1S/C20H17N3O3/c1-26-20(25)16-13-18(23(21-16)15-8-3-2-4-9-15)19(24)22-12-11-14-7-5-6-10-17(14)22/h2-10,13H,11-12H2,1H3. The second kappa shape index (κ2) is 6.48. The summed E-state index contributed by atoms with van der Waals surface area (Å²) in [5.41, 5.74) is 3.18. The van der Waals surface area contributed by atoms with Gasteiger partial charge in [0.1, 0.15) is 5.69 Å². The highest BCUT2D eigenvalue weighted by atomic mass is 16.5. The minimum Gasteiger partial charge on any atom is -0.464 e. The van der Waals surface area contributed by atoms with Crippen LogP contribution in [0.5, 0.6) is 0 Å². The number of rotatable bonds is 3. The number of carbonyl (C=O) groups excluding carboxylic acids is 2. The van der Waals surface area contributed by atoms with Crippen LogP contribution in [0.2, 0.25) is 0 Å². The summed E-state index contributed by atoms with van der Waals surface area (Å²) in [5.74, 6) is -0.767. The molecule has 0 saturated carbocycles. The molecule has 130 valence electrons. The minimum absolute atomic E-state index is 0.104. The normalized spacial score (nSPS) is 12.7. The van der Waals surface area contributed by atoms with E-state index in [0.29, 0.717) is 17.9 Å². The van der Waals surface area contributed by atoms with Crippen molar-refractivity contribution in [3.05, 3.63) is 77.6 Å². The lowest BCUT2D eigenvalue weighted by atomic mass is 10.2. The van der Waals surface area contributed by atoms with Gasteiger partial charge in [-0.15, -0.1) is 0 Å². The van der Waals surface area contributed by atoms with Gasteiger partial charge in [-0.1, -0.05) is 36.4 Å². The van der Waals surface area contributed by atoms with E-state index < -0.39 is 5.97 Å². The van der Waals surface area contributed by atoms with Crippen molar-refractivity contribution >= 4 is 17.6 Å². The molecule has 0 radical (unpaired) electrons. The third-order valence-electron chi connectivity index (χ3n) is 4.46. The predicted octanol–water partition coefficient (Wildman–Crippen LogP) is 2.86. The summed E-state index contributed by atoms with van der Waals surface area (Å²) in [7, 11) is 1.29. The lowest BCUT2D eigenvalue weighted by molar-refractivity contribution is 0.0593. The van der Waals surface area contributed by atoms with Crippen LogP contribution in [-0.2, 0) is 11.2 Å². The van der Waals surface area contributed by atoms with Gasteiger partial charge in [0.25, 0.3) is 5.91 Å². The Morgan fingerprint density at radius 3 is 2.54 bits per heavy atom. The number of hydrogen-bond donors (Lipinski definition) is 0. The number of esters is 1. The average molecular weight is 347 g/mol. The van der Waals surface area contributed by atoms with Gasteiger partial charge >= 0.3 is 5.97 Å². The zero-order chi connectivity index (χ0) is 18.1. The molecule has 4 rings (SSSR count). The first-order valence-corrected chi connectivity index (χ1v) is 8.32. The van der Waals surface area contributed by atoms with Crippen LogP contribution in [0.25, 0.3) is 5.69 Å². The molecule has 1 amide bonds. The molecule has 0 N–H and O–H groups in total. The summed E-state index contributed by atoms with van der Waals surface area (Å²) in [4.78, 5) is 26.9. The number of fused-ring (bicyclic) bond motifs is 1. The monoisotopic (exact) mass is 347 g/mol. The van der Waals surface area contributed by atoms with Crippen molar-refractivity contribution < 1.29 is 14.3 Å². The van der Waals surface area contributed by atoms with Crippen LogP contribution in [0.15, 0.2) is 60.7 Å². The Morgan fingerprint density at radius 1 is 1.04 bits per heavy atom. The molecule has 6 heteroatoms. The Balaban J connectivity index is 1.79. The molecule has 6 nitrogen and oxygen atoms in total. The average Bonchev–Trinajstić information content (AvgIpc) is 3.32. The number of anilines is 1. The van der Waals surface area contributed by atoms with E-state index in [1.54, 1.807) is 4.90 Å². The highest BCUT2D eigenvalue weighted by Crippen LogP contribution is 2.29. The summed E-state index contributed by atoms with van der Waals surface area (Å²) in [6.07, 6.45) is 0.811. The van der Waals surface area contributed by atoms with E-state index in [4.69, 9.17) is 4.74 Å². The molecule has 1 aliphatic rings. The zero-order valence-electron chi connectivity index (χ0n) is 14.3. The van der Waals surface area contributed by atoms with Gasteiger partial charge in [0.05, 0.1) is 12.8 Å². The molecule has 0 bridgehead atoms. The Hall–Kier alpha value is -3.41. The van der Waals surface area contributed by atoms with Gasteiger partial charge in [-0.3, -0.25) is 4.79 Å². The SMILES string of the molecule is COC(=O)c1cc(C(=O)N2CCc3ccccc32)n(-c2ccccc2)n1. The fourth-order valence-electron chi connectivity index (χ4n) is 3.19. The zero-order valence-corrected chi connectivity index (χ0v) is 14.3. The number of methoxy groups -OCH3 is 1. The number of amides is 1. The van der Waals surface area contributed by atoms with Gasteiger partial charge < -0.3 is 9.64 Å². The molecule has 3 aromatic rings. The molecule has 0 aliphatic carbocycles. The maximum absolute atomic E-state index is 13.2. The van der Waals surface area contributed by atoms with E-state index in [0.717, 1.165) is 17.7 Å². The van der Waals surface area contributed by atoms with Crippen LogP contribution < -0.4 is 4.90 Å². The fourth-order valence-corrected chi connectivity index (χ4v) is 3.19. The highest BCUT2D eigenvalue weighted by molar-refractivity contribution is 6.07. The van der Waals surface area contributed by atoms with Crippen LogP contribution in [0.4, 0.5) is 5.69 Å². The molecule has 0 spiro atoms. The number of ether oxygens (including phenoxy) is 1. The summed E-state index contributed by atoms with van der Waals surface area (Å²) in [6.45, 7) is 0.603. The van der Waals surface area contributed by atoms with Crippen LogP contribution in [-0.4, -0.2) is 35.3 Å². The van der Waals surface area contributed by atoms with E-state index in [9.17, 15) is 9.59 Å². The van der Waals surface area contributed by atoms with Gasteiger partial charge in [0.15, 0.2) is 5.69 Å². The van der Waals surface area contributed by atoms with Gasteiger partial charge in [-0.2, -0.15) is 5.10 Å². The fraction of sp³-hybridized carbons (Fsp3) is 0.150. The second-order valence-electron chi connectivity index (χ2n) is 5.99. The first-order chi connectivity index (χ1) is 12.7. The first-order valence-electron chi connectivity index (χ1n) is 8.32. The Labute approximate surface area is 150 Å². The summed E-state index contributed by atoms with van der Waals surface area (Å²) in [6, 6.07) is 18.6. The van der Waals surface area contributed by atoms with Crippen LogP contribution in [0.3, 0.4) is 0 Å². The molecule has 2 aromatic carbocycles. The maximum atomic E-state index is 13.2. The smallest absolute Gasteiger partial charge is 0.358 e. The van der Waals surface area contributed by atoms with Crippen LogP contribution in [0.1, 0.15) is 26.5 Å². The van der Waals surface area contributed by atoms with Crippen LogP contribution >= 0.6 is 0 Å². The third kappa shape index (κ3) is 2.65. The molecule has 2 heterocycles. The molecule has 0 saturated heterocycles. The number of benzene rings is 2. The molecule has 26 heavy (non-hydrogen) atoms. The quantitative estimate of drug-likeness (QED) is 0.684. The third-order valence-corrected chi connectivity index (χ3v) is 4.46. The molecule has 0 atom stereocenters. The molecule has 1 aliphatic heterocycles. The Bertz CT molecular complexity index is 979. The number of hydrogen-bond acceptors (Lipinski definition) is 4. The van der Waals surface area contributed by atoms with Crippen LogP contribution in [0, 0.1) is 0 Å². The van der Waals surface area contributed by atoms with Crippen molar-refractivity contribution in [3.63, 3.8) is 0 Å². The number of aromatic nitrogens is 2. The van der Waals surface area contributed by atoms with Crippen molar-refractivity contribution in [2.24, 2.45) is 0 Å². The van der Waals surface area contributed by atoms with Gasteiger partial charge in [-0.25, -0.2) is 9.48 Å². The summed E-state index contributed by atoms with van der Waals surface area (Å²) >= 11 is 0. The highest BCUT2D eigenvalue weighted by Gasteiger charge is 2.29. The lowest BCUT2D eigenvalue weighted by Gasteiger charge is -2.18. The van der Waals surface area contributed by atoms with Crippen molar-refractivity contribution in [1.29, 1.82) is 0 Å².